The van der Waals surface area contributed by atoms with Crippen LogP contribution in [0, 0.1) is 0 Å². The number of furan rings is 1. The molecule has 1 amide bonds. The van der Waals surface area contributed by atoms with Gasteiger partial charge in [0.25, 0.3) is 5.91 Å². The fourth-order valence-corrected chi connectivity index (χ4v) is 1.68. The first kappa shape index (κ1) is 11.7. The van der Waals surface area contributed by atoms with Crippen molar-refractivity contribution in [2.75, 3.05) is 0 Å². The lowest BCUT2D eigenvalue weighted by Crippen LogP contribution is -2.26. The minimum atomic E-state index is -0.270. The first-order valence-corrected chi connectivity index (χ1v) is 5.66. The summed E-state index contributed by atoms with van der Waals surface area (Å²) >= 11 is 5.61. The van der Waals surface area contributed by atoms with Gasteiger partial charge in [-0.05, 0) is 36.2 Å². The Labute approximate surface area is 104 Å². The van der Waals surface area contributed by atoms with E-state index in [0.717, 1.165) is 5.56 Å². The predicted molar refractivity (Wildman–Crippen MR) is 66.0 cm³/mol. The van der Waals surface area contributed by atoms with Crippen molar-refractivity contribution >= 4 is 17.5 Å². The van der Waals surface area contributed by atoms with Crippen molar-refractivity contribution in [2.24, 2.45) is 0 Å². The predicted octanol–water partition coefficient (Wildman–Crippen LogP) is 3.42. The maximum absolute atomic E-state index is 11.8. The van der Waals surface area contributed by atoms with Crippen LogP contribution in [0.1, 0.15) is 29.1 Å². The Hall–Kier alpha value is -1.74. The molecule has 0 bridgehead atoms. The zero-order valence-electron chi connectivity index (χ0n) is 9.31. The third-order valence-corrected chi connectivity index (χ3v) is 2.65. The van der Waals surface area contributed by atoms with E-state index < -0.39 is 0 Å². The van der Waals surface area contributed by atoms with Gasteiger partial charge in [-0.1, -0.05) is 30.3 Å². The number of nitrogens with one attached hydrogen (secondary N) is 1. The Bertz CT molecular complexity index is 507. The van der Waals surface area contributed by atoms with Gasteiger partial charge in [-0.15, -0.1) is 0 Å². The zero-order chi connectivity index (χ0) is 12.3. The van der Waals surface area contributed by atoms with E-state index in [1.165, 1.54) is 0 Å². The van der Waals surface area contributed by atoms with Gasteiger partial charge in [0.15, 0.2) is 11.0 Å². The highest BCUT2D eigenvalue weighted by molar-refractivity contribution is 6.29. The van der Waals surface area contributed by atoms with Crippen molar-refractivity contribution in [1.82, 2.24) is 5.32 Å². The van der Waals surface area contributed by atoms with E-state index in [0.29, 0.717) is 0 Å². The molecule has 1 N–H and O–H groups in total. The summed E-state index contributed by atoms with van der Waals surface area (Å²) in [4.78, 5) is 11.8. The molecule has 0 spiro atoms. The van der Waals surface area contributed by atoms with Gasteiger partial charge in [0.05, 0.1) is 6.04 Å². The molecule has 17 heavy (non-hydrogen) atoms. The van der Waals surface area contributed by atoms with Crippen LogP contribution in [0.4, 0.5) is 0 Å². The maximum Gasteiger partial charge on any atom is 0.287 e. The van der Waals surface area contributed by atoms with Crippen molar-refractivity contribution < 1.29 is 9.21 Å². The molecule has 1 unspecified atom stereocenters. The molecule has 0 saturated heterocycles. The summed E-state index contributed by atoms with van der Waals surface area (Å²) in [5, 5.41) is 3.05. The van der Waals surface area contributed by atoms with Crippen LogP contribution in [0.25, 0.3) is 0 Å². The second-order valence-electron chi connectivity index (χ2n) is 3.71. The normalized spacial score (nSPS) is 12.1. The van der Waals surface area contributed by atoms with E-state index in [1.807, 2.05) is 37.3 Å². The Morgan fingerprint density at radius 2 is 1.94 bits per heavy atom. The molecule has 2 rings (SSSR count). The largest absolute Gasteiger partial charge is 0.440 e. The second kappa shape index (κ2) is 5.06. The minimum absolute atomic E-state index is 0.0763. The summed E-state index contributed by atoms with van der Waals surface area (Å²) in [6.45, 7) is 1.91. The van der Waals surface area contributed by atoms with E-state index >= 15 is 0 Å². The van der Waals surface area contributed by atoms with Crippen molar-refractivity contribution in [3.8, 4) is 0 Å². The summed E-state index contributed by atoms with van der Waals surface area (Å²) in [5.41, 5.74) is 1.04. The third kappa shape index (κ3) is 2.88. The molecule has 0 radical (unpaired) electrons. The Morgan fingerprint density at radius 3 is 2.53 bits per heavy atom. The lowest BCUT2D eigenvalue weighted by molar-refractivity contribution is 0.0912. The number of rotatable bonds is 3. The molecule has 88 valence electrons. The molecule has 3 nitrogen and oxygen atoms in total. The molecule has 1 aromatic heterocycles. The molecule has 0 fully saturated rings. The summed E-state index contributed by atoms with van der Waals surface area (Å²) < 4.78 is 5.04. The highest BCUT2D eigenvalue weighted by Crippen LogP contribution is 2.15. The van der Waals surface area contributed by atoms with E-state index in [2.05, 4.69) is 5.32 Å². The van der Waals surface area contributed by atoms with Gasteiger partial charge in [0.2, 0.25) is 0 Å². The quantitative estimate of drug-likeness (QED) is 0.906. The molecular formula is C13H12ClNO2. The Balaban J connectivity index is 2.04. The third-order valence-electron chi connectivity index (χ3n) is 2.44. The number of hydrogen-bond donors (Lipinski definition) is 1. The molecular weight excluding hydrogens is 238 g/mol. The van der Waals surface area contributed by atoms with E-state index in [-0.39, 0.29) is 22.9 Å². The summed E-state index contributed by atoms with van der Waals surface area (Å²) in [6.07, 6.45) is 0. The van der Waals surface area contributed by atoms with Crippen LogP contribution in [-0.4, -0.2) is 5.91 Å². The Kier molecular flexibility index (Phi) is 3.49. The monoisotopic (exact) mass is 249 g/mol. The van der Waals surface area contributed by atoms with Crippen LogP contribution in [0.15, 0.2) is 46.9 Å². The van der Waals surface area contributed by atoms with Gasteiger partial charge >= 0.3 is 0 Å². The van der Waals surface area contributed by atoms with Crippen LogP contribution < -0.4 is 5.32 Å². The first-order chi connectivity index (χ1) is 8.16. The average molecular weight is 250 g/mol. The van der Waals surface area contributed by atoms with Crippen LogP contribution >= 0.6 is 11.6 Å². The van der Waals surface area contributed by atoms with Crippen LogP contribution in [0.5, 0.6) is 0 Å². The van der Waals surface area contributed by atoms with Gasteiger partial charge in [0.1, 0.15) is 0 Å². The number of benzene rings is 1. The first-order valence-electron chi connectivity index (χ1n) is 5.28. The van der Waals surface area contributed by atoms with Gasteiger partial charge in [-0.3, -0.25) is 4.79 Å². The molecule has 1 heterocycles. The molecule has 1 aromatic carbocycles. The zero-order valence-corrected chi connectivity index (χ0v) is 10.1. The smallest absolute Gasteiger partial charge is 0.287 e. The summed E-state index contributed by atoms with van der Waals surface area (Å²) in [7, 11) is 0. The fourth-order valence-electron chi connectivity index (χ4n) is 1.53. The van der Waals surface area contributed by atoms with Crippen molar-refractivity contribution in [3.05, 3.63) is 59.0 Å². The summed E-state index contributed by atoms with van der Waals surface area (Å²) in [5.74, 6) is -0.0500. The molecule has 4 heteroatoms. The number of amides is 1. The molecule has 0 aliphatic heterocycles. The van der Waals surface area contributed by atoms with Gasteiger partial charge in [-0.25, -0.2) is 0 Å². The van der Waals surface area contributed by atoms with Crippen molar-refractivity contribution in [1.29, 1.82) is 0 Å². The Morgan fingerprint density at radius 1 is 1.24 bits per heavy atom. The second-order valence-corrected chi connectivity index (χ2v) is 4.08. The molecule has 0 aliphatic rings. The highest BCUT2D eigenvalue weighted by Gasteiger charge is 2.14. The summed E-state index contributed by atoms with van der Waals surface area (Å²) in [6, 6.07) is 12.7. The SMILES string of the molecule is CC(NC(=O)c1ccc(Cl)o1)c1ccccc1. The van der Waals surface area contributed by atoms with E-state index in [1.54, 1.807) is 12.1 Å². The molecule has 1 atom stereocenters. The fraction of sp³-hybridized carbons (Fsp3) is 0.154. The lowest BCUT2D eigenvalue weighted by atomic mass is 10.1. The number of carbonyl (C=O) groups excluding carboxylic acids is 1. The van der Waals surface area contributed by atoms with Gasteiger partial charge < -0.3 is 9.73 Å². The maximum atomic E-state index is 11.8. The number of halogens is 1. The van der Waals surface area contributed by atoms with Crippen LogP contribution in [0.3, 0.4) is 0 Å². The number of hydrogen-bond acceptors (Lipinski definition) is 2. The lowest BCUT2D eigenvalue weighted by Gasteiger charge is -2.12. The van der Waals surface area contributed by atoms with Crippen LogP contribution in [0.2, 0.25) is 5.22 Å². The van der Waals surface area contributed by atoms with Crippen molar-refractivity contribution in [2.45, 2.75) is 13.0 Å². The van der Waals surface area contributed by atoms with E-state index in [9.17, 15) is 4.79 Å². The molecule has 2 aromatic rings. The highest BCUT2D eigenvalue weighted by atomic mass is 35.5. The standard InChI is InChI=1S/C13H12ClNO2/c1-9(10-5-3-2-4-6-10)15-13(16)11-7-8-12(14)17-11/h2-9H,1H3,(H,15,16). The average Bonchev–Trinajstić information content (AvgIpc) is 2.77. The molecule has 0 saturated carbocycles. The van der Waals surface area contributed by atoms with Crippen molar-refractivity contribution in [3.63, 3.8) is 0 Å². The topological polar surface area (TPSA) is 42.2 Å². The minimum Gasteiger partial charge on any atom is -0.440 e. The molecule has 0 aliphatic carbocycles. The number of carbonyl (C=O) groups is 1. The van der Waals surface area contributed by atoms with E-state index in [4.69, 9.17) is 16.0 Å². The van der Waals surface area contributed by atoms with Gasteiger partial charge in [-0.2, -0.15) is 0 Å². The van der Waals surface area contributed by atoms with Crippen LogP contribution in [-0.2, 0) is 0 Å². The van der Waals surface area contributed by atoms with Gasteiger partial charge in [0, 0.05) is 0 Å².